The van der Waals surface area contributed by atoms with Gasteiger partial charge in [0.25, 0.3) is 0 Å². The standard InChI is InChI=1S/C57H36N4/c1-2-14-39(15-3-1)44-18-8-9-23-50(44)56-58-55(59-57(60-56)61-52-24-12-10-21-47(52)48-22-11-13-25-53(48)61)42-32-28-38(29-33-42)37-26-30-41(31-27-37)54-46-20-7-5-17-43(46)36-51-45-19-6-4-16-40(45)34-35-49(51)54/h1-36H. The van der Waals surface area contributed by atoms with Crippen LogP contribution in [0.3, 0.4) is 0 Å². The van der Waals surface area contributed by atoms with E-state index in [2.05, 4.69) is 217 Å². The lowest BCUT2D eigenvalue weighted by Gasteiger charge is -2.15. The molecule has 12 aromatic rings. The Morgan fingerprint density at radius 3 is 1.51 bits per heavy atom. The Morgan fingerprint density at radius 2 is 0.803 bits per heavy atom. The molecule has 0 spiro atoms. The van der Waals surface area contributed by atoms with Crippen LogP contribution in [0.25, 0.3) is 116 Å². The minimum Gasteiger partial charge on any atom is -0.278 e. The summed E-state index contributed by atoms with van der Waals surface area (Å²) < 4.78 is 2.17. The van der Waals surface area contributed by atoms with E-state index in [1.807, 2.05) is 6.07 Å². The van der Waals surface area contributed by atoms with Gasteiger partial charge in [0.1, 0.15) is 0 Å². The van der Waals surface area contributed by atoms with Crippen molar-refractivity contribution in [3.8, 4) is 62.1 Å². The predicted octanol–water partition coefficient (Wildman–Crippen LogP) is 14.8. The normalized spacial score (nSPS) is 11.6. The van der Waals surface area contributed by atoms with Crippen LogP contribution >= 0.6 is 0 Å². The van der Waals surface area contributed by atoms with Gasteiger partial charge in [-0.25, -0.2) is 4.98 Å². The summed E-state index contributed by atoms with van der Waals surface area (Å²) in [6.45, 7) is 0. The number of fused-ring (bicyclic) bond motifs is 7. The maximum absolute atomic E-state index is 5.25. The van der Waals surface area contributed by atoms with Crippen LogP contribution in [0.2, 0.25) is 0 Å². The first-order valence-electron chi connectivity index (χ1n) is 20.7. The van der Waals surface area contributed by atoms with E-state index in [0.29, 0.717) is 17.6 Å². The van der Waals surface area contributed by atoms with Crippen molar-refractivity contribution in [1.29, 1.82) is 0 Å². The van der Waals surface area contributed by atoms with Gasteiger partial charge >= 0.3 is 0 Å². The fraction of sp³-hybridized carbons (Fsp3) is 0. The summed E-state index contributed by atoms with van der Waals surface area (Å²) in [6.07, 6.45) is 0. The van der Waals surface area contributed by atoms with Crippen LogP contribution < -0.4 is 0 Å². The van der Waals surface area contributed by atoms with Crippen molar-refractivity contribution in [1.82, 2.24) is 19.5 Å². The fourth-order valence-electron chi connectivity index (χ4n) is 9.17. The zero-order chi connectivity index (χ0) is 40.3. The number of rotatable bonds is 6. The maximum atomic E-state index is 5.25. The smallest absolute Gasteiger partial charge is 0.238 e. The molecular formula is C57H36N4. The molecule has 0 bridgehead atoms. The van der Waals surface area contributed by atoms with Gasteiger partial charge in [-0.3, -0.25) is 4.57 Å². The molecule has 4 heteroatoms. The summed E-state index contributed by atoms with van der Waals surface area (Å²) in [5.41, 5.74) is 10.9. The molecule has 0 aliphatic carbocycles. The fourth-order valence-corrected chi connectivity index (χ4v) is 9.17. The number of nitrogens with zero attached hydrogens (tertiary/aromatic N) is 4. The van der Waals surface area contributed by atoms with Gasteiger partial charge in [0.15, 0.2) is 11.6 Å². The van der Waals surface area contributed by atoms with Gasteiger partial charge < -0.3 is 0 Å². The molecule has 0 saturated carbocycles. The molecule has 0 aliphatic rings. The minimum absolute atomic E-state index is 0.578. The summed E-state index contributed by atoms with van der Waals surface area (Å²) in [5.74, 6) is 1.81. The number of benzene rings is 10. The van der Waals surface area contributed by atoms with Gasteiger partial charge in [-0.2, -0.15) is 9.97 Å². The number of para-hydroxylation sites is 2. The zero-order valence-corrected chi connectivity index (χ0v) is 33.1. The van der Waals surface area contributed by atoms with Crippen molar-refractivity contribution in [2.45, 2.75) is 0 Å². The molecule has 10 aromatic carbocycles. The molecular weight excluding hydrogens is 741 g/mol. The van der Waals surface area contributed by atoms with Crippen molar-refractivity contribution in [3.63, 3.8) is 0 Å². The highest BCUT2D eigenvalue weighted by atomic mass is 15.2. The second-order valence-corrected chi connectivity index (χ2v) is 15.6. The summed E-state index contributed by atoms with van der Waals surface area (Å²) in [7, 11) is 0. The van der Waals surface area contributed by atoms with Gasteiger partial charge in [0.05, 0.1) is 11.0 Å². The van der Waals surface area contributed by atoms with E-state index in [9.17, 15) is 0 Å². The summed E-state index contributed by atoms with van der Waals surface area (Å²) in [5, 5.41) is 9.88. The Balaban J connectivity index is 0.969. The molecule has 2 aromatic heterocycles. The number of hydrogen-bond donors (Lipinski definition) is 0. The van der Waals surface area contributed by atoms with E-state index in [1.165, 1.54) is 43.4 Å². The number of aromatic nitrogens is 4. The molecule has 2 heterocycles. The van der Waals surface area contributed by atoms with Crippen molar-refractivity contribution in [2.24, 2.45) is 0 Å². The molecule has 284 valence electrons. The summed E-state index contributed by atoms with van der Waals surface area (Å²) in [4.78, 5) is 15.7. The second kappa shape index (κ2) is 14.3. The topological polar surface area (TPSA) is 43.6 Å². The molecule has 0 radical (unpaired) electrons. The highest BCUT2D eigenvalue weighted by Crippen LogP contribution is 2.40. The van der Waals surface area contributed by atoms with Crippen molar-refractivity contribution in [3.05, 3.63) is 218 Å². The van der Waals surface area contributed by atoms with Gasteiger partial charge in [-0.15, -0.1) is 0 Å². The van der Waals surface area contributed by atoms with Crippen molar-refractivity contribution >= 4 is 54.1 Å². The summed E-state index contributed by atoms with van der Waals surface area (Å²) in [6, 6.07) is 77.6. The molecule has 4 nitrogen and oxygen atoms in total. The van der Waals surface area contributed by atoms with E-state index >= 15 is 0 Å². The van der Waals surface area contributed by atoms with E-state index < -0.39 is 0 Å². The van der Waals surface area contributed by atoms with Crippen LogP contribution in [0.5, 0.6) is 0 Å². The minimum atomic E-state index is 0.578. The molecule has 0 saturated heterocycles. The molecule has 0 unspecified atom stereocenters. The highest BCUT2D eigenvalue weighted by molar-refractivity contribution is 6.20. The highest BCUT2D eigenvalue weighted by Gasteiger charge is 2.19. The first-order chi connectivity index (χ1) is 30.2. The lowest BCUT2D eigenvalue weighted by molar-refractivity contribution is 0.953. The maximum Gasteiger partial charge on any atom is 0.238 e. The molecule has 12 rings (SSSR count). The van der Waals surface area contributed by atoms with Crippen LogP contribution in [-0.4, -0.2) is 19.5 Å². The van der Waals surface area contributed by atoms with Gasteiger partial charge in [-0.1, -0.05) is 200 Å². The SMILES string of the molecule is c1ccc(-c2ccccc2-c2nc(-c3ccc(-c4ccc(-c5c6ccccc6cc6c5ccc5ccccc56)cc4)cc3)nc(-n3c4ccccc4c4ccccc43)n2)cc1. The first kappa shape index (κ1) is 34.8. The third-order valence-corrected chi connectivity index (χ3v) is 12.1. The molecule has 0 aliphatic heterocycles. The molecule has 61 heavy (non-hydrogen) atoms. The predicted molar refractivity (Wildman–Crippen MR) is 254 cm³/mol. The van der Waals surface area contributed by atoms with Crippen LogP contribution in [0.15, 0.2) is 218 Å². The lowest BCUT2D eigenvalue weighted by Crippen LogP contribution is -2.06. The van der Waals surface area contributed by atoms with E-state index in [4.69, 9.17) is 15.0 Å². The molecule has 0 fully saturated rings. The largest absolute Gasteiger partial charge is 0.278 e. The van der Waals surface area contributed by atoms with Crippen LogP contribution in [0.1, 0.15) is 0 Å². The molecule has 0 atom stereocenters. The monoisotopic (exact) mass is 776 g/mol. The Hall–Kier alpha value is -8.21. The average molecular weight is 777 g/mol. The van der Waals surface area contributed by atoms with E-state index in [0.717, 1.165) is 55.2 Å². The first-order valence-corrected chi connectivity index (χ1v) is 20.7. The Morgan fingerprint density at radius 1 is 0.279 bits per heavy atom. The average Bonchev–Trinajstić information content (AvgIpc) is 3.68. The molecule has 0 N–H and O–H groups in total. The van der Waals surface area contributed by atoms with Gasteiger partial charge in [0.2, 0.25) is 5.95 Å². The van der Waals surface area contributed by atoms with E-state index in [-0.39, 0.29) is 0 Å². The van der Waals surface area contributed by atoms with Crippen LogP contribution in [-0.2, 0) is 0 Å². The molecule has 0 amide bonds. The van der Waals surface area contributed by atoms with E-state index in [1.54, 1.807) is 0 Å². The van der Waals surface area contributed by atoms with Gasteiger partial charge in [0, 0.05) is 21.9 Å². The third-order valence-electron chi connectivity index (χ3n) is 12.1. The quantitative estimate of drug-likeness (QED) is 0.125. The van der Waals surface area contributed by atoms with Crippen LogP contribution in [0, 0.1) is 0 Å². The Kier molecular flexibility index (Phi) is 8.13. The lowest BCUT2D eigenvalue weighted by atomic mass is 9.89. The second-order valence-electron chi connectivity index (χ2n) is 15.6. The number of hydrogen-bond acceptors (Lipinski definition) is 3. The van der Waals surface area contributed by atoms with Crippen LogP contribution in [0.4, 0.5) is 0 Å². The van der Waals surface area contributed by atoms with Crippen molar-refractivity contribution < 1.29 is 0 Å². The Bertz CT molecular complexity index is 3570. The van der Waals surface area contributed by atoms with Crippen molar-refractivity contribution in [2.75, 3.05) is 0 Å². The zero-order valence-electron chi connectivity index (χ0n) is 33.1. The third kappa shape index (κ3) is 5.88. The van der Waals surface area contributed by atoms with Gasteiger partial charge in [-0.05, 0) is 83.9 Å². The summed E-state index contributed by atoms with van der Waals surface area (Å²) >= 11 is 0. The Labute approximate surface area is 352 Å².